The third kappa shape index (κ3) is 3.73. The van der Waals surface area contributed by atoms with Crippen LogP contribution in [0.15, 0.2) is 181 Å². The van der Waals surface area contributed by atoms with Gasteiger partial charge in [-0.05, 0) is 69.3 Å². The molecule has 1 aliphatic heterocycles. The second-order valence-electron chi connectivity index (χ2n) is 12.8. The number of anilines is 1. The van der Waals surface area contributed by atoms with E-state index in [0.29, 0.717) is 0 Å². The second-order valence-corrected chi connectivity index (χ2v) is 12.8. The molecule has 0 saturated heterocycles. The topological polar surface area (TPSA) is 29.3 Å². The largest absolute Gasteiger partial charge is 0.370 e. The monoisotopic (exact) mass is 613 g/mol. The van der Waals surface area contributed by atoms with Crippen LogP contribution in [0.4, 0.5) is 11.4 Å². The summed E-state index contributed by atoms with van der Waals surface area (Å²) in [6, 6.07) is 63.6. The van der Waals surface area contributed by atoms with Crippen LogP contribution >= 0.6 is 0 Å². The first-order valence-corrected chi connectivity index (χ1v) is 16.6. The van der Waals surface area contributed by atoms with Crippen molar-refractivity contribution in [3.8, 4) is 11.1 Å². The summed E-state index contributed by atoms with van der Waals surface area (Å²) in [5, 5.41) is 6.31. The molecule has 3 nitrogen and oxygen atoms in total. The Balaban J connectivity index is 1.35. The van der Waals surface area contributed by atoms with Crippen LogP contribution in [0.5, 0.6) is 0 Å². The number of nitrogens with zero attached hydrogens (tertiary/aromatic N) is 2. The number of benzene rings is 7. The molecule has 0 amide bonds. The van der Waals surface area contributed by atoms with Gasteiger partial charge in [-0.25, -0.2) is 4.99 Å². The lowest BCUT2D eigenvalue weighted by Crippen LogP contribution is -2.30. The van der Waals surface area contributed by atoms with Crippen molar-refractivity contribution in [1.82, 2.24) is 4.57 Å². The lowest BCUT2D eigenvalue weighted by atomic mass is 9.67. The van der Waals surface area contributed by atoms with E-state index in [4.69, 9.17) is 4.99 Å². The molecule has 2 heterocycles. The summed E-state index contributed by atoms with van der Waals surface area (Å²) in [6.07, 6.45) is 0. The van der Waals surface area contributed by atoms with Crippen molar-refractivity contribution >= 4 is 39.0 Å². The van der Waals surface area contributed by atoms with Crippen LogP contribution < -0.4 is 5.32 Å². The molecule has 1 unspecified atom stereocenters. The third-order valence-corrected chi connectivity index (χ3v) is 10.3. The molecule has 48 heavy (non-hydrogen) atoms. The Hall–Kier alpha value is -6.19. The number of aromatic nitrogens is 1. The molecule has 1 atom stereocenters. The van der Waals surface area contributed by atoms with Crippen molar-refractivity contribution in [3.63, 3.8) is 0 Å². The number of hydrogen-bond acceptors (Lipinski definition) is 2. The minimum Gasteiger partial charge on any atom is -0.370 e. The molecule has 1 aromatic heterocycles. The van der Waals surface area contributed by atoms with E-state index in [1.165, 1.54) is 49.7 Å². The fourth-order valence-electron chi connectivity index (χ4n) is 8.31. The maximum atomic E-state index is 5.45. The van der Waals surface area contributed by atoms with E-state index in [-0.39, 0.29) is 6.04 Å². The molecular weight excluding hydrogens is 583 g/mol. The van der Waals surface area contributed by atoms with E-state index < -0.39 is 5.41 Å². The third-order valence-electron chi connectivity index (χ3n) is 10.3. The predicted octanol–water partition coefficient (Wildman–Crippen LogP) is 10.9. The minimum atomic E-state index is -0.484. The zero-order valence-corrected chi connectivity index (χ0v) is 26.2. The van der Waals surface area contributed by atoms with Crippen LogP contribution in [0.25, 0.3) is 32.9 Å². The molecule has 0 saturated carbocycles. The highest BCUT2D eigenvalue weighted by atomic mass is 15.2. The molecule has 3 heteroatoms. The highest BCUT2D eigenvalue weighted by Crippen LogP contribution is 2.57. The molecule has 226 valence electrons. The first-order chi connectivity index (χ1) is 23.8. The molecule has 0 bridgehead atoms. The van der Waals surface area contributed by atoms with Crippen molar-refractivity contribution in [3.05, 3.63) is 204 Å². The predicted molar refractivity (Wildman–Crippen MR) is 198 cm³/mol. The summed E-state index contributed by atoms with van der Waals surface area (Å²) >= 11 is 0. The van der Waals surface area contributed by atoms with Crippen molar-refractivity contribution in [2.75, 3.05) is 5.32 Å². The fraction of sp³-hybridized carbons (Fsp3) is 0.0444. The van der Waals surface area contributed by atoms with E-state index in [9.17, 15) is 0 Å². The molecular formula is C45H31N3. The van der Waals surface area contributed by atoms with Gasteiger partial charge in [-0.2, -0.15) is 0 Å². The van der Waals surface area contributed by atoms with Crippen LogP contribution in [-0.4, -0.2) is 10.4 Å². The van der Waals surface area contributed by atoms with Gasteiger partial charge < -0.3 is 5.32 Å². The highest BCUT2D eigenvalue weighted by molar-refractivity contribution is 6.18. The Morgan fingerprint density at radius 2 is 1.12 bits per heavy atom. The summed E-state index contributed by atoms with van der Waals surface area (Å²) in [5.74, 6) is 0.964. The number of aliphatic imine (C=N–C) groups is 1. The Kier molecular flexibility index (Phi) is 5.85. The van der Waals surface area contributed by atoms with E-state index in [0.717, 1.165) is 28.2 Å². The van der Waals surface area contributed by atoms with Gasteiger partial charge in [0, 0.05) is 10.8 Å². The standard InChI is InChI=1S/C45H31N3/c1-4-16-30(17-5-1)43-44(47-40-26-14-13-25-39(40)46-43)48-41-27-15-11-23-34(41)36-28-35-33-22-10-12-24-37(33)45(38(35)29-42(36)48,31-18-6-2-7-19-31)32-20-8-3-9-21-32/h1-29,43,46H. The van der Waals surface area contributed by atoms with Crippen LogP contribution in [0.1, 0.15) is 33.9 Å². The number of hydrogen-bond donors (Lipinski definition) is 1. The molecule has 0 spiro atoms. The van der Waals surface area contributed by atoms with Crippen molar-refractivity contribution in [2.24, 2.45) is 4.99 Å². The van der Waals surface area contributed by atoms with Gasteiger partial charge in [0.2, 0.25) is 0 Å². The van der Waals surface area contributed by atoms with Gasteiger partial charge in [-0.15, -0.1) is 0 Å². The van der Waals surface area contributed by atoms with Gasteiger partial charge in [0.1, 0.15) is 11.9 Å². The summed E-state index contributed by atoms with van der Waals surface area (Å²) in [4.78, 5) is 5.45. The Morgan fingerprint density at radius 3 is 1.90 bits per heavy atom. The van der Waals surface area contributed by atoms with Gasteiger partial charge in [0.05, 0.1) is 27.8 Å². The molecule has 0 fully saturated rings. The number of para-hydroxylation sites is 3. The van der Waals surface area contributed by atoms with E-state index in [1.807, 2.05) is 0 Å². The fourth-order valence-corrected chi connectivity index (χ4v) is 8.31. The van der Waals surface area contributed by atoms with Crippen molar-refractivity contribution in [2.45, 2.75) is 11.5 Å². The van der Waals surface area contributed by atoms with Crippen LogP contribution in [0.3, 0.4) is 0 Å². The van der Waals surface area contributed by atoms with E-state index in [2.05, 4.69) is 186 Å². The van der Waals surface area contributed by atoms with Crippen LogP contribution in [0, 0.1) is 0 Å². The van der Waals surface area contributed by atoms with Crippen LogP contribution in [-0.2, 0) is 5.41 Å². The number of fused-ring (bicyclic) bond motifs is 7. The maximum absolute atomic E-state index is 5.45. The molecule has 1 aliphatic carbocycles. The SMILES string of the molecule is c1ccc(C2Nc3ccccc3N=C2n2c3ccccc3c3cc4c(cc32)C(c2ccccc2)(c2ccccc2)c2ccccc2-4)cc1. The normalized spacial score (nSPS) is 15.8. The van der Waals surface area contributed by atoms with E-state index >= 15 is 0 Å². The average Bonchev–Trinajstić information content (AvgIpc) is 3.64. The van der Waals surface area contributed by atoms with Crippen molar-refractivity contribution in [1.29, 1.82) is 0 Å². The van der Waals surface area contributed by atoms with Gasteiger partial charge in [0.15, 0.2) is 0 Å². The van der Waals surface area contributed by atoms with Gasteiger partial charge >= 0.3 is 0 Å². The molecule has 7 aromatic carbocycles. The Morgan fingerprint density at radius 1 is 0.500 bits per heavy atom. The molecule has 0 radical (unpaired) electrons. The number of rotatable bonds is 3. The Labute approximate surface area is 279 Å². The first kappa shape index (κ1) is 27.0. The lowest BCUT2D eigenvalue weighted by Gasteiger charge is -2.34. The quantitative estimate of drug-likeness (QED) is 0.211. The minimum absolute atomic E-state index is 0.140. The molecule has 1 N–H and O–H groups in total. The van der Waals surface area contributed by atoms with Crippen LogP contribution in [0.2, 0.25) is 0 Å². The maximum Gasteiger partial charge on any atom is 0.141 e. The summed E-state index contributed by atoms with van der Waals surface area (Å²) in [5.41, 5.74) is 12.7. The molecule has 8 aromatic rings. The van der Waals surface area contributed by atoms with E-state index in [1.54, 1.807) is 0 Å². The summed E-state index contributed by atoms with van der Waals surface area (Å²) in [7, 11) is 0. The first-order valence-electron chi connectivity index (χ1n) is 16.6. The number of nitrogens with one attached hydrogen (secondary N) is 1. The second kappa shape index (κ2) is 10.4. The average molecular weight is 614 g/mol. The Bertz CT molecular complexity index is 2490. The molecule has 2 aliphatic rings. The van der Waals surface area contributed by atoms with Crippen molar-refractivity contribution < 1.29 is 0 Å². The van der Waals surface area contributed by atoms with Gasteiger partial charge in [-0.1, -0.05) is 146 Å². The lowest BCUT2D eigenvalue weighted by molar-refractivity contribution is 0.769. The summed E-state index contributed by atoms with van der Waals surface area (Å²) in [6.45, 7) is 0. The van der Waals surface area contributed by atoms with Gasteiger partial charge in [0.25, 0.3) is 0 Å². The highest BCUT2D eigenvalue weighted by Gasteiger charge is 2.46. The summed E-state index contributed by atoms with van der Waals surface area (Å²) < 4.78 is 2.41. The zero-order valence-electron chi connectivity index (χ0n) is 26.2. The zero-order chi connectivity index (χ0) is 31.7. The molecule has 10 rings (SSSR count). The smallest absolute Gasteiger partial charge is 0.141 e. The van der Waals surface area contributed by atoms with Gasteiger partial charge in [-0.3, -0.25) is 4.57 Å².